The smallest absolute Gasteiger partial charge is 0.227 e. The van der Waals surface area contributed by atoms with Crippen LogP contribution in [0.5, 0.6) is 0 Å². The Labute approximate surface area is 150 Å². The number of hydrogen-bond donors (Lipinski definition) is 0. The minimum atomic E-state index is -3.21. The van der Waals surface area contributed by atoms with Crippen LogP contribution in [0.1, 0.15) is 31.2 Å². The lowest BCUT2D eigenvalue weighted by molar-refractivity contribution is -0.138. The van der Waals surface area contributed by atoms with Crippen molar-refractivity contribution in [1.29, 1.82) is 0 Å². The van der Waals surface area contributed by atoms with Gasteiger partial charge in [0.1, 0.15) is 0 Å². The molecule has 1 atom stereocenters. The number of nitrogens with zero attached hydrogens (tertiary/aromatic N) is 3. The number of likely N-dealkylation sites (tertiary alicyclic amines) is 1. The fraction of sp³-hybridized carbons (Fsp3) is 0.667. The van der Waals surface area contributed by atoms with Gasteiger partial charge in [0, 0.05) is 38.6 Å². The summed E-state index contributed by atoms with van der Waals surface area (Å²) in [6.45, 7) is 2.43. The van der Waals surface area contributed by atoms with E-state index >= 15 is 0 Å². The molecule has 0 aromatic carbocycles. The second-order valence-corrected chi connectivity index (χ2v) is 9.28. The third-order valence-corrected chi connectivity index (χ3v) is 6.65. The van der Waals surface area contributed by atoms with Gasteiger partial charge in [-0.2, -0.15) is 0 Å². The highest BCUT2D eigenvalue weighted by Crippen LogP contribution is 2.25. The minimum Gasteiger partial charge on any atom is -0.342 e. The molecule has 2 saturated heterocycles. The normalized spacial score (nSPS) is 23.6. The molecule has 0 radical (unpaired) electrons. The number of rotatable bonds is 4. The van der Waals surface area contributed by atoms with Gasteiger partial charge in [0.2, 0.25) is 15.9 Å². The van der Waals surface area contributed by atoms with Crippen LogP contribution in [0.25, 0.3) is 0 Å². The van der Waals surface area contributed by atoms with Crippen molar-refractivity contribution in [3.63, 3.8) is 0 Å². The average molecular weight is 365 g/mol. The number of amides is 1. The molecule has 2 aliphatic heterocycles. The van der Waals surface area contributed by atoms with Crippen LogP contribution in [0, 0.1) is 11.8 Å². The number of carbonyl (C=O) groups excluding carboxylic acids is 1. The molecular weight excluding hydrogens is 338 g/mol. The van der Waals surface area contributed by atoms with E-state index in [1.807, 2.05) is 17.2 Å². The van der Waals surface area contributed by atoms with Gasteiger partial charge in [-0.15, -0.1) is 0 Å². The first-order chi connectivity index (χ1) is 11.9. The maximum Gasteiger partial charge on any atom is 0.227 e. The van der Waals surface area contributed by atoms with E-state index in [-0.39, 0.29) is 11.8 Å². The fourth-order valence-corrected chi connectivity index (χ4v) is 4.82. The molecule has 3 rings (SSSR count). The molecule has 2 fully saturated rings. The highest BCUT2D eigenvalue weighted by atomic mass is 32.2. The van der Waals surface area contributed by atoms with Crippen molar-refractivity contribution in [1.82, 2.24) is 14.2 Å². The molecule has 25 heavy (non-hydrogen) atoms. The number of piperidine rings is 2. The van der Waals surface area contributed by atoms with Gasteiger partial charge in [0.25, 0.3) is 0 Å². The Balaban J connectivity index is 1.51. The van der Waals surface area contributed by atoms with Crippen LogP contribution < -0.4 is 0 Å². The Morgan fingerprint density at radius 3 is 2.64 bits per heavy atom. The van der Waals surface area contributed by atoms with E-state index in [2.05, 4.69) is 11.1 Å². The molecule has 138 valence electrons. The second-order valence-electron chi connectivity index (χ2n) is 7.29. The summed E-state index contributed by atoms with van der Waals surface area (Å²) in [4.78, 5) is 18.9. The molecule has 0 unspecified atom stereocenters. The molecule has 1 aromatic rings. The maximum atomic E-state index is 12.8. The lowest BCUT2D eigenvalue weighted by atomic mass is 9.89. The Bertz CT molecular complexity index is 685. The number of carbonyl (C=O) groups is 1. The number of aromatic nitrogens is 1. The van der Waals surface area contributed by atoms with Crippen molar-refractivity contribution >= 4 is 15.9 Å². The summed E-state index contributed by atoms with van der Waals surface area (Å²) in [5.41, 5.74) is 1.25. The molecule has 1 amide bonds. The predicted molar refractivity (Wildman–Crippen MR) is 96.4 cm³/mol. The topological polar surface area (TPSA) is 70.6 Å². The third kappa shape index (κ3) is 4.79. The number of sulfonamides is 1. The van der Waals surface area contributed by atoms with Gasteiger partial charge in [-0.1, -0.05) is 6.07 Å². The Hall–Kier alpha value is -1.47. The molecule has 1 aromatic heterocycles. The zero-order valence-electron chi connectivity index (χ0n) is 14.8. The molecule has 3 heterocycles. The summed E-state index contributed by atoms with van der Waals surface area (Å²) >= 11 is 0. The quantitative estimate of drug-likeness (QED) is 0.811. The van der Waals surface area contributed by atoms with Crippen molar-refractivity contribution in [3.8, 4) is 0 Å². The van der Waals surface area contributed by atoms with Crippen LogP contribution in [0.3, 0.4) is 0 Å². The Morgan fingerprint density at radius 1 is 1.24 bits per heavy atom. The lowest BCUT2D eigenvalue weighted by Gasteiger charge is -2.37. The highest BCUT2D eigenvalue weighted by Gasteiger charge is 2.33. The van der Waals surface area contributed by atoms with E-state index < -0.39 is 10.0 Å². The molecule has 2 aliphatic rings. The molecule has 0 N–H and O–H groups in total. The summed E-state index contributed by atoms with van der Waals surface area (Å²) in [5.74, 6) is 0.540. The molecule has 0 spiro atoms. The zero-order valence-corrected chi connectivity index (χ0v) is 15.6. The standard InChI is InChI=1S/C18H27N3O3S/c1-25(23,24)21-9-3-5-17(14-21)18(22)20-10-6-15(7-11-20)12-16-4-2-8-19-13-16/h2,4,8,13,15,17H,3,5-7,9-12,14H2,1H3/t17-/m0/s1. The summed E-state index contributed by atoms with van der Waals surface area (Å²) < 4.78 is 24.9. The highest BCUT2D eigenvalue weighted by molar-refractivity contribution is 7.88. The van der Waals surface area contributed by atoms with Crippen molar-refractivity contribution in [2.24, 2.45) is 11.8 Å². The van der Waals surface area contributed by atoms with Gasteiger partial charge in [0.15, 0.2) is 0 Å². The summed E-state index contributed by atoms with van der Waals surface area (Å²) in [5, 5.41) is 0. The minimum absolute atomic E-state index is 0.133. The summed E-state index contributed by atoms with van der Waals surface area (Å²) in [6.07, 6.45) is 9.51. The van der Waals surface area contributed by atoms with E-state index in [0.29, 0.717) is 19.0 Å². The van der Waals surface area contributed by atoms with E-state index in [1.54, 1.807) is 6.20 Å². The Kier molecular flexibility index (Phi) is 5.74. The monoisotopic (exact) mass is 365 g/mol. The van der Waals surface area contributed by atoms with Gasteiger partial charge < -0.3 is 4.90 Å². The molecule has 0 bridgehead atoms. The van der Waals surface area contributed by atoms with Crippen molar-refractivity contribution in [2.75, 3.05) is 32.4 Å². The van der Waals surface area contributed by atoms with Crippen LogP contribution in [0.15, 0.2) is 24.5 Å². The SMILES string of the molecule is CS(=O)(=O)N1CCC[C@H](C(=O)N2CCC(Cc3cccnc3)CC2)C1. The molecule has 0 aliphatic carbocycles. The summed E-state index contributed by atoms with van der Waals surface area (Å²) in [7, 11) is -3.21. The third-order valence-electron chi connectivity index (χ3n) is 5.38. The second kappa shape index (κ2) is 7.83. The molecular formula is C18H27N3O3S. The predicted octanol–water partition coefficient (Wildman–Crippen LogP) is 1.53. The van der Waals surface area contributed by atoms with Gasteiger partial charge in [-0.25, -0.2) is 12.7 Å². The molecule has 0 saturated carbocycles. The van der Waals surface area contributed by atoms with Gasteiger partial charge >= 0.3 is 0 Å². The first-order valence-electron chi connectivity index (χ1n) is 9.06. The van der Waals surface area contributed by atoms with Crippen LogP contribution in [-0.2, 0) is 21.2 Å². The fourth-order valence-electron chi connectivity index (χ4n) is 3.91. The first kappa shape index (κ1) is 18.3. The van der Waals surface area contributed by atoms with Crippen LogP contribution >= 0.6 is 0 Å². The van der Waals surface area contributed by atoms with E-state index in [1.165, 1.54) is 16.1 Å². The first-order valence-corrected chi connectivity index (χ1v) is 10.9. The van der Waals surface area contributed by atoms with Crippen molar-refractivity contribution in [2.45, 2.75) is 32.1 Å². The van der Waals surface area contributed by atoms with Crippen molar-refractivity contribution in [3.05, 3.63) is 30.1 Å². The van der Waals surface area contributed by atoms with Gasteiger partial charge in [0.05, 0.1) is 12.2 Å². The zero-order chi connectivity index (χ0) is 17.9. The number of hydrogen-bond acceptors (Lipinski definition) is 4. The van der Waals surface area contributed by atoms with Gasteiger partial charge in [-0.3, -0.25) is 9.78 Å². The summed E-state index contributed by atoms with van der Waals surface area (Å²) in [6, 6.07) is 4.07. The Morgan fingerprint density at radius 2 is 2.00 bits per heavy atom. The lowest BCUT2D eigenvalue weighted by Crippen LogP contribution is -2.48. The molecule has 7 heteroatoms. The molecule has 6 nitrogen and oxygen atoms in total. The largest absolute Gasteiger partial charge is 0.342 e. The van der Waals surface area contributed by atoms with E-state index in [0.717, 1.165) is 45.2 Å². The van der Waals surface area contributed by atoms with Crippen molar-refractivity contribution < 1.29 is 13.2 Å². The van der Waals surface area contributed by atoms with Crippen LogP contribution in [0.2, 0.25) is 0 Å². The maximum absolute atomic E-state index is 12.8. The number of pyridine rings is 1. The van der Waals surface area contributed by atoms with Crippen LogP contribution in [-0.4, -0.2) is 60.9 Å². The van der Waals surface area contributed by atoms with Gasteiger partial charge in [-0.05, 0) is 49.7 Å². The van der Waals surface area contributed by atoms with Crippen LogP contribution in [0.4, 0.5) is 0 Å². The van der Waals surface area contributed by atoms with E-state index in [9.17, 15) is 13.2 Å². The average Bonchev–Trinajstić information content (AvgIpc) is 2.62. The van der Waals surface area contributed by atoms with E-state index in [4.69, 9.17) is 0 Å².